The Morgan fingerprint density at radius 1 is 0.640 bits per heavy atom. The van der Waals surface area contributed by atoms with Gasteiger partial charge in [-0.15, -0.1) is 0 Å². The molecule has 7 rings (SSSR count). The van der Waals surface area contributed by atoms with Gasteiger partial charge < -0.3 is 0 Å². The van der Waals surface area contributed by atoms with Crippen molar-refractivity contribution in [1.82, 2.24) is 0 Å². The van der Waals surface area contributed by atoms with Crippen molar-refractivity contribution in [2.45, 2.75) is 71.4 Å². The Bertz CT molecular complexity index is 2190. The molecule has 5 aromatic rings. The Balaban J connectivity index is 1.58. The van der Waals surface area contributed by atoms with Crippen LogP contribution in [0.5, 0.6) is 0 Å². The summed E-state index contributed by atoms with van der Waals surface area (Å²) in [5, 5.41) is 0. The van der Waals surface area contributed by atoms with Crippen molar-refractivity contribution >= 4 is 6.98 Å². The molecular weight excluding hydrogens is 701 g/mol. The van der Waals surface area contributed by atoms with E-state index in [2.05, 4.69) is 142 Å². The van der Waals surface area contributed by atoms with Gasteiger partial charge in [0.05, 0.1) is 0 Å². The molecule has 50 heavy (non-hydrogen) atoms. The molecule has 2 aliphatic rings. The van der Waals surface area contributed by atoms with Crippen LogP contribution in [0.1, 0.15) is 81.3 Å². The number of hydrogen-bond acceptors (Lipinski definition) is 0. The van der Waals surface area contributed by atoms with E-state index in [1.807, 2.05) is 6.07 Å². The summed E-state index contributed by atoms with van der Waals surface area (Å²) in [7, 11) is 0. The van der Waals surface area contributed by atoms with Gasteiger partial charge in [-0.2, -0.15) is 0 Å². The minimum absolute atomic E-state index is 0.0822. The zero-order valence-corrected chi connectivity index (χ0v) is 32.1. The van der Waals surface area contributed by atoms with E-state index in [1.54, 1.807) is 6.07 Å². The molecule has 0 spiro atoms. The SMILES string of the molecule is CC(C)(C)c1cc2c(cc1-c1ccccc1)Cc1c-2cc(C(C)(C)C)c(-c2ccccc2)[c]1/[Zr](=[CH]\c1cccc(C(F)(F)F)c1)[C]1=CC=CC1. The predicted molar refractivity (Wildman–Crippen MR) is 201 cm³/mol. The number of fused-ring (bicyclic) bond motifs is 3. The first kappa shape index (κ1) is 34.6. The van der Waals surface area contributed by atoms with Gasteiger partial charge in [0.25, 0.3) is 0 Å². The summed E-state index contributed by atoms with van der Waals surface area (Å²) < 4.78 is 47.0. The van der Waals surface area contributed by atoms with Crippen LogP contribution in [0.2, 0.25) is 0 Å². The van der Waals surface area contributed by atoms with Gasteiger partial charge in [0.2, 0.25) is 0 Å². The van der Waals surface area contributed by atoms with Crippen LogP contribution in [0.25, 0.3) is 33.4 Å². The Hall–Kier alpha value is -3.88. The maximum absolute atomic E-state index is 14.0. The molecule has 0 fully saturated rings. The molecule has 0 radical (unpaired) electrons. The van der Waals surface area contributed by atoms with Crippen molar-refractivity contribution in [2.75, 3.05) is 0 Å². The van der Waals surface area contributed by atoms with Gasteiger partial charge in [0.15, 0.2) is 0 Å². The summed E-state index contributed by atoms with van der Waals surface area (Å²) in [6.07, 6.45) is 3.82. The average Bonchev–Trinajstić information content (AvgIpc) is 3.74. The summed E-state index contributed by atoms with van der Waals surface area (Å²) in [5.74, 6) is 0. The molecule has 0 unspecified atom stereocenters. The Labute approximate surface area is 302 Å². The molecule has 2 aliphatic carbocycles. The third-order valence-electron chi connectivity index (χ3n) is 10.0. The van der Waals surface area contributed by atoms with Crippen molar-refractivity contribution < 1.29 is 34.4 Å². The third-order valence-corrected chi connectivity index (χ3v) is 16.8. The van der Waals surface area contributed by atoms with Crippen LogP contribution in [-0.2, 0) is 44.7 Å². The van der Waals surface area contributed by atoms with Crippen molar-refractivity contribution in [1.29, 1.82) is 0 Å². The quantitative estimate of drug-likeness (QED) is 0.165. The Morgan fingerprint density at radius 2 is 1.28 bits per heavy atom. The Morgan fingerprint density at radius 3 is 1.88 bits per heavy atom. The minimum atomic E-state index is -4.40. The zero-order valence-electron chi connectivity index (χ0n) is 29.7. The molecule has 0 nitrogen and oxygen atoms in total. The van der Waals surface area contributed by atoms with E-state index >= 15 is 0 Å². The van der Waals surface area contributed by atoms with Crippen LogP contribution < -0.4 is 3.27 Å². The molecule has 0 amide bonds. The maximum atomic E-state index is 14.0. The van der Waals surface area contributed by atoms with Crippen LogP contribution in [0.4, 0.5) is 13.2 Å². The number of hydrogen-bond donors (Lipinski definition) is 0. The predicted octanol–water partition coefficient (Wildman–Crippen LogP) is 12.1. The van der Waals surface area contributed by atoms with Crippen LogP contribution in [0.15, 0.2) is 125 Å². The molecule has 0 saturated heterocycles. The van der Waals surface area contributed by atoms with E-state index in [9.17, 15) is 13.2 Å². The van der Waals surface area contributed by atoms with E-state index in [0.717, 1.165) is 12.8 Å². The van der Waals surface area contributed by atoms with E-state index in [0.29, 0.717) is 5.56 Å². The van der Waals surface area contributed by atoms with E-state index in [-0.39, 0.29) is 10.8 Å². The second-order valence-electron chi connectivity index (χ2n) is 15.7. The van der Waals surface area contributed by atoms with E-state index < -0.39 is 33.0 Å². The van der Waals surface area contributed by atoms with Crippen molar-refractivity contribution in [3.8, 4) is 33.4 Å². The second kappa shape index (κ2) is 13.0. The third kappa shape index (κ3) is 6.64. The molecule has 4 heteroatoms. The Kier molecular flexibility index (Phi) is 9.01. The van der Waals surface area contributed by atoms with Crippen molar-refractivity contribution in [3.63, 3.8) is 0 Å². The second-order valence-corrected chi connectivity index (χ2v) is 21.2. The van der Waals surface area contributed by atoms with Gasteiger partial charge in [-0.25, -0.2) is 0 Å². The standard InChI is InChI=1S/C33H33.C8H5F3.C5H5.Zr/c1-32(2,3)30-20-26-24(18-28(30)22-13-9-7-10-14-22)17-25-19-29(23-15-11-8-12-16-23)31(21-27(25)26)33(4,5)6;1-6-3-2-4-7(5-6)8(9,10)11;1-2-4-5-3-1;/h7-16,18,20-21H,17H2,1-6H3;1-5H;1-3H,4H2;. The van der Waals surface area contributed by atoms with Crippen molar-refractivity contribution in [3.05, 3.63) is 158 Å². The molecule has 252 valence electrons. The van der Waals surface area contributed by atoms with Gasteiger partial charge >= 0.3 is 304 Å². The molecule has 0 aromatic heterocycles. The number of alkyl halides is 3. The zero-order chi connectivity index (χ0) is 35.4. The van der Waals surface area contributed by atoms with Crippen molar-refractivity contribution in [2.24, 2.45) is 0 Å². The molecular formula is C46H43F3Zr. The fourth-order valence-electron chi connectivity index (χ4n) is 7.59. The van der Waals surface area contributed by atoms with Crippen LogP contribution in [0.3, 0.4) is 0 Å². The number of rotatable bonds is 5. The first-order valence-electron chi connectivity index (χ1n) is 17.4. The summed E-state index contributed by atoms with van der Waals surface area (Å²) in [6, 6.07) is 34.6. The van der Waals surface area contributed by atoms with Gasteiger partial charge in [-0.1, -0.05) is 0 Å². The summed E-state index contributed by atoms with van der Waals surface area (Å²) in [6.45, 7) is 13.7. The molecule has 0 bridgehead atoms. The first-order valence-corrected chi connectivity index (χ1v) is 21.3. The number of halogens is 3. The monoisotopic (exact) mass is 742 g/mol. The van der Waals surface area contributed by atoms with Gasteiger partial charge in [-0.3, -0.25) is 0 Å². The number of benzene rings is 5. The summed E-state index contributed by atoms with van der Waals surface area (Å²) in [4.78, 5) is 0. The summed E-state index contributed by atoms with van der Waals surface area (Å²) >= 11 is -3.08. The molecule has 0 heterocycles. The van der Waals surface area contributed by atoms with Gasteiger partial charge in [-0.05, 0) is 0 Å². The fourth-order valence-corrected chi connectivity index (χ4v) is 14.7. The topological polar surface area (TPSA) is 0 Å². The van der Waals surface area contributed by atoms with E-state index in [4.69, 9.17) is 0 Å². The summed E-state index contributed by atoms with van der Waals surface area (Å²) in [5.41, 5.74) is 12.6. The number of allylic oxidation sites excluding steroid dienone is 4. The molecule has 0 saturated carbocycles. The molecule has 0 aliphatic heterocycles. The van der Waals surface area contributed by atoms with Crippen LogP contribution >= 0.6 is 0 Å². The average molecular weight is 744 g/mol. The normalized spacial score (nSPS) is 14.5. The molecule has 0 N–H and O–H groups in total. The molecule has 0 atom stereocenters. The van der Waals surface area contributed by atoms with E-state index in [1.165, 1.54) is 74.3 Å². The van der Waals surface area contributed by atoms with Gasteiger partial charge in [0.1, 0.15) is 0 Å². The van der Waals surface area contributed by atoms with Crippen LogP contribution in [-0.4, -0.2) is 3.71 Å². The molecule has 5 aromatic carbocycles. The van der Waals surface area contributed by atoms with Crippen LogP contribution in [0, 0.1) is 0 Å². The van der Waals surface area contributed by atoms with Gasteiger partial charge in [0, 0.05) is 0 Å². The first-order chi connectivity index (χ1) is 23.7. The fraction of sp³-hybridized carbons (Fsp3) is 0.239.